The lowest BCUT2D eigenvalue weighted by atomic mass is 9.87. The first kappa shape index (κ1) is 14.5. The second-order valence-corrected chi connectivity index (χ2v) is 5.37. The molecule has 0 bridgehead atoms. The molecule has 3 atom stereocenters. The van der Waals surface area contributed by atoms with Gasteiger partial charge in [-0.3, -0.25) is 9.69 Å². The molecule has 0 radical (unpaired) electrons. The average molecular weight is 241 g/mol. The third kappa shape index (κ3) is 4.64. The van der Waals surface area contributed by atoms with Crippen molar-refractivity contribution in [2.45, 2.75) is 39.7 Å². The molecule has 4 nitrogen and oxygen atoms in total. The number of hydrogen-bond acceptors (Lipinski definition) is 3. The number of hydrogen-bond donors (Lipinski definition) is 2. The SMILES string of the molecule is CCC(C)NC(=O)CN1CCC(C)C(CN)C1. The van der Waals surface area contributed by atoms with Crippen molar-refractivity contribution >= 4 is 5.91 Å². The van der Waals surface area contributed by atoms with Crippen LogP contribution in [-0.2, 0) is 4.79 Å². The lowest BCUT2D eigenvalue weighted by Crippen LogP contribution is -2.47. The van der Waals surface area contributed by atoms with E-state index >= 15 is 0 Å². The summed E-state index contributed by atoms with van der Waals surface area (Å²) in [6.45, 7) is 9.61. The summed E-state index contributed by atoms with van der Waals surface area (Å²) < 4.78 is 0. The van der Waals surface area contributed by atoms with Gasteiger partial charge in [0.2, 0.25) is 5.91 Å². The van der Waals surface area contributed by atoms with Gasteiger partial charge in [0, 0.05) is 12.6 Å². The van der Waals surface area contributed by atoms with Crippen LogP contribution in [-0.4, -0.2) is 43.0 Å². The molecule has 1 aliphatic heterocycles. The molecule has 17 heavy (non-hydrogen) atoms. The van der Waals surface area contributed by atoms with Crippen LogP contribution in [0.25, 0.3) is 0 Å². The third-order valence-electron chi connectivity index (χ3n) is 3.89. The maximum Gasteiger partial charge on any atom is 0.234 e. The molecule has 1 heterocycles. The fourth-order valence-electron chi connectivity index (χ4n) is 2.30. The van der Waals surface area contributed by atoms with E-state index in [4.69, 9.17) is 5.73 Å². The zero-order valence-corrected chi connectivity index (χ0v) is 11.4. The molecule has 3 N–H and O–H groups in total. The summed E-state index contributed by atoms with van der Waals surface area (Å²) in [5, 5.41) is 3.01. The number of piperidine rings is 1. The van der Waals surface area contributed by atoms with E-state index in [9.17, 15) is 4.79 Å². The number of rotatable bonds is 5. The monoisotopic (exact) mass is 241 g/mol. The molecular formula is C13H27N3O. The first-order chi connectivity index (χ1) is 8.06. The molecular weight excluding hydrogens is 214 g/mol. The Bertz CT molecular complexity index is 245. The van der Waals surface area contributed by atoms with Gasteiger partial charge in [-0.2, -0.15) is 0 Å². The van der Waals surface area contributed by atoms with E-state index in [-0.39, 0.29) is 11.9 Å². The fraction of sp³-hybridized carbons (Fsp3) is 0.923. The zero-order valence-electron chi connectivity index (χ0n) is 11.4. The lowest BCUT2D eigenvalue weighted by Gasteiger charge is -2.36. The Kier molecular flexibility index (Phi) is 5.92. The second kappa shape index (κ2) is 6.97. The third-order valence-corrected chi connectivity index (χ3v) is 3.89. The maximum absolute atomic E-state index is 11.8. The quantitative estimate of drug-likeness (QED) is 0.749. The smallest absolute Gasteiger partial charge is 0.234 e. The summed E-state index contributed by atoms with van der Waals surface area (Å²) in [5.74, 6) is 1.37. The molecule has 0 aromatic heterocycles. The van der Waals surface area contributed by atoms with Gasteiger partial charge >= 0.3 is 0 Å². The number of nitrogens with two attached hydrogens (primary N) is 1. The Labute approximate surface area is 105 Å². The van der Waals surface area contributed by atoms with Crippen LogP contribution >= 0.6 is 0 Å². The van der Waals surface area contributed by atoms with Gasteiger partial charge in [-0.1, -0.05) is 13.8 Å². The van der Waals surface area contributed by atoms with Crippen molar-refractivity contribution in [3.63, 3.8) is 0 Å². The molecule has 3 unspecified atom stereocenters. The van der Waals surface area contributed by atoms with E-state index in [0.29, 0.717) is 18.4 Å². The van der Waals surface area contributed by atoms with E-state index in [1.54, 1.807) is 0 Å². The molecule has 1 rings (SSSR count). The van der Waals surface area contributed by atoms with Crippen molar-refractivity contribution in [2.24, 2.45) is 17.6 Å². The Hall–Kier alpha value is -0.610. The van der Waals surface area contributed by atoms with Crippen molar-refractivity contribution in [1.29, 1.82) is 0 Å². The fourth-order valence-corrected chi connectivity index (χ4v) is 2.30. The number of carbonyl (C=O) groups excluding carboxylic acids is 1. The van der Waals surface area contributed by atoms with E-state index < -0.39 is 0 Å². The summed E-state index contributed by atoms with van der Waals surface area (Å²) in [7, 11) is 0. The summed E-state index contributed by atoms with van der Waals surface area (Å²) >= 11 is 0. The Morgan fingerprint density at radius 2 is 2.29 bits per heavy atom. The zero-order chi connectivity index (χ0) is 12.8. The van der Waals surface area contributed by atoms with Gasteiger partial charge in [0.25, 0.3) is 0 Å². The number of likely N-dealkylation sites (tertiary alicyclic amines) is 1. The molecule has 100 valence electrons. The van der Waals surface area contributed by atoms with Crippen LogP contribution in [0.3, 0.4) is 0 Å². The van der Waals surface area contributed by atoms with E-state index in [1.807, 2.05) is 6.92 Å². The van der Waals surface area contributed by atoms with Crippen LogP contribution in [0.15, 0.2) is 0 Å². The van der Waals surface area contributed by atoms with Crippen molar-refractivity contribution in [3.8, 4) is 0 Å². The van der Waals surface area contributed by atoms with Crippen molar-refractivity contribution < 1.29 is 4.79 Å². The number of carbonyl (C=O) groups is 1. The summed E-state index contributed by atoms with van der Waals surface area (Å²) in [5.41, 5.74) is 5.76. The second-order valence-electron chi connectivity index (χ2n) is 5.37. The summed E-state index contributed by atoms with van der Waals surface area (Å²) in [6, 6.07) is 0.275. The highest BCUT2D eigenvalue weighted by atomic mass is 16.2. The molecule has 1 saturated heterocycles. The van der Waals surface area contributed by atoms with Crippen LogP contribution in [0, 0.1) is 11.8 Å². The van der Waals surface area contributed by atoms with Gasteiger partial charge in [-0.25, -0.2) is 0 Å². The highest BCUT2D eigenvalue weighted by Gasteiger charge is 2.26. The normalized spacial score (nSPS) is 27.8. The van der Waals surface area contributed by atoms with Gasteiger partial charge in [0.05, 0.1) is 6.54 Å². The van der Waals surface area contributed by atoms with E-state index in [0.717, 1.165) is 32.5 Å². The molecule has 1 fully saturated rings. The topological polar surface area (TPSA) is 58.4 Å². The molecule has 0 aromatic carbocycles. The van der Waals surface area contributed by atoms with Gasteiger partial charge < -0.3 is 11.1 Å². The molecule has 1 aliphatic rings. The highest BCUT2D eigenvalue weighted by molar-refractivity contribution is 5.78. The first-order valence-electron chi connectivity index (χ1n) is 6.78. The van der Waals surface area contributed by atoms with Gasteiger partial charge in [0.1, 0.15) is 0 Å². The largest absolute Gasteiger partial charge is 0.353 e. The molecule has 0 spiro atoms. The van der Waals surface area contributed by atoms with E-state index in [2.05, 4.69) is 24.1 Å². The van der Waals surface area contributed by atoms with Crippen LogP contribution < -0.4 is 11.1 Å². The van der Waals surface area contributed by atoms with Crippen LogP contribution in [0.1, 0.15) is 33.6 Å². The first-order valence-corrected chi connectivity index (χ1v) is 6.78. The summed E-state index contributed by atoms with van der Waals surface area (Å²) in [6.07, 6.45) is 2.13. The minimum absolute atomic E-state index is 0.143. The Morgan fingerprint density at radius 3 is 2.88 bits per heavy atom. The minimum atomic E-state index is 0.143. The standard InChI is InChI=1S/C13H27N3O/c1-4-11(3)15-13(17)9-16-6-5-10(2)12(7-14)8-16/h10-12H,4-9,14H2,1-3H3,(H,15,17). The molecule has 4 heteroatoms. The molecule has 1 amide bonds. The van der Waals surface area contributed by atoms with Crippen molar-refractivity contribution in [1.82, 2.24) is 10.2 Å². The lowest BCUT2D eigenvalue weighted by molar-refractivity contribution is -0.123. The molecule has 0 aliphatic carbocycles. The minimum Gasteiger partial charge on any atom is -0.353 e. The Balaban J connectivity index is 2.34. The van der Waals surface area contributed by atoms with Crippen molar-refractivity contribution in [2.75, 3.05) is 26.2 Å². The van der Waals surface area contributed by atoms with Gasteiger partial charge in [-0.15, -0.1) is 0 Å². The van der Waals surface area contributed by atoms with Crippen LogP contribution in [0.5, 0.6) is 0 Å². The van der Waals surface area contributed by atoms with Crippen LogP contribution in [0.4, 0.5) is 0 Å². The van der Waals surface area contributed by atoms with Gasteiger partial charge in [0.15, 0.2) is 0 Å². The predicted molar refractivity (Wildman–Crippen MR) is 70.7 cm³/mol. The van der Waals surface area contributed by atoms with Gasteiger partial charge in [-0.05, 0) is 44.7 Å². The van der Waals surface area contributed by atoms with E-state index in [1.165, 1.54) is 0 Å². The maximum atomic E-state index is 11.8. The molecule has 0 saturated carbocycles. The average Bonchev–Trinajstić information content (AvgIpc) is 2.31. The van der Waals surface area contributed by atoms with Crippen LogP contribution in [0.2, 0.25) is 0 Å². The molecule has 0 aromatic rings. The highest BCUT2D eigenvalue weighted by Crippen LogP contribution is 2.21. The Morgan fingerprint density at radius 1 is 1.59 bits per heavy atom. The predicted octanol–water partition coefficient (Wildman–Crippen LogP) is 0.818. The van der Waals surface area contributed by atoms with Crippen molar-refractivity contribution in [3.05, 3.63) is 0 Å². The number of nitrogens with one attached hydrogen (secondary N) is 1. The number of amides is 1. The number of nitrogens with zero attached hydrogens (tertiary/aromatic N) is 1. The summed E-state index contributed by atoms with van der Waals surface area (Å²) in [4.78, 5) is 14.0.